The molecule has 0 spiro atoms. The van der Waals surface area contributed by atoms with Crippen molar-refractivity contribution in [3.63, 3.8) is 0 Å². The number of carbonyl (C=O) groups is 1. The Labute approximate surface area is 111 Å². The van der Waals surface area contributed by atoms with Gasteiger partial charge in [0.25, 0.3) is 5.91 Å². The number of amides is 1. The molecule has 17 heavy (non-hydrogen) atoms. The first-order valence-electron chi connectivity index (χ1n) is 5.86. The van der Waals surface area contributed by atoms with Crippen LogP contribution in [-0.2, 0) is 0 Å². The van der Waals surface area contributed by atoms with E-state index in [9.17, 15) is 4.79 Å². The summed E-state index contributed by atoms with van der Waals surface area (Å²) in [7, 11) is 0. The van der Waals surface area contributed by atoms with Crippen LogP contribution in [0.5, 0.6) is 0 Å². The highest BCUT2D eigenvalue weighted by molar-refractivity contribution is 7.17. The molecule has 0 bridgehead atoms. The molecule has 2 rings (SSSR count). The second-order valence-electron chi connectivity index (χ2n) is 4.53. The number of nitrogens with zero attached hydrogens (tertiary/aromatic N) is 2. The van der Waals surface area contributed by atoms with Crippen molar-refractivity contribution < 1.29 is 4.79 Å². The zero-order chi connectivity index (χ0) is 12.4. The zero-order valence-corrected chi connectivity index (χ0v) is 11.7. The molecule has 1 aliphatic heterocycles. The van der Waals surface area contributed by atoms with E-state index in [0.29, 0.717) is 10.4 Å². The lowest BCUT2D eigenvalue weighted by Gasteiger charge is -2.36. The lowest BCUT2D eigenvalue weighted by atomic mass is 10.2. The first kappa shape index (κ1) is 12.9. The van der Waals surface area contributed by atoms with Gasteiger partial charge >= 0.3 is 0 Å². The summed E-state index contributed by atoms with van der Waals surface area (Å²) in [6, 6.07) is 4.15. The van der Waals surface area contributed by atoms with Crippen LogP contribution in [0.1, 0.15) is 23.5 Å². The van der Waals surface area contributed by atoms with Crippen molar-refractivity contribution in [2.24, 2.45) is 0 Å². The predicted molar refractivity (Wildman–Crippen MR) is 71.9 cm³/mol. The molecule has 1 saturated heterocycles. The lowest BCUT2D eigenvalue weighted by Crippen LogP contribution is -2.50. The number of hydrogen-bond acceptors (Lipinski definition) is 3. The fourth-order valence-electron chi connectivity index (χ4n) is 2.03. The molecule has 0 aromatic carbocycles. The van der Waals surface area contributed by atoms with Crippen LogP contribution in [0, 0.1) is 0 Å². The Morgan fingerprint density at radius 2 is 1.94 bits per heavy atom. The molecule has 0 saturated carbocycles. The molecule has 1 aliphatic rings. The Hall–Kier alpha value is -0.580. The molecule has 0 atom stereocenters. The van der Waals surface area contributed by atoms with Crippen molar-refractivity contribution in [1.29, 1.82) is 0 Å². The molecule has 0 aliphatic carbocycles. The fourth-order valence-corrected chi connectivity index (χ4v) is 3.04. The fraction of sp³-hybridized carbons (Fsp3) is 0.583. The molecular weight excluding hydrogens is 256 g/mol. The van der Waals surface area contributed by atoms with Crippen LogP contribution in [0.3, 0.4) is 0 Å². The summed E-state index contributed by atoms with van der Waals surface area (Å²) in [5.74, 6) is 0.116. The Kier molecular flexibility index (Phi) is 4.07. The quantitative estimate of drug-likeness (QED) is 0.826. The minimum absolute atomic E-state index is 0.116. The third-order valence-electron chi connectivity index (χ3n) is 3.12. The van der Waals surface area contributed by atoms with Gasteiger partial charge in [-0.15, -0.1) is 11.3 Å². The normalized spacial score (nSPS) is 17.8. The number of thiophene rings is 1. The molecule has 5 heteroatoms. The van der Waals surface area contributed by atoms with Crippen LogP contribution >= 0.6 is 22.9 Å². The van der Waals surface area contributed by atoms with Gasteiger partial charge in [0.1, 0.15) is 0 Å². The molecule has 1 aromatic heterocycles. The molecule has 0 N–H and O–H groups in total. The maximum atomic E-state index is 12.1. The van der Waals surface area contributed by atoms with Gasteiger partial charge in [0.05, 0.1) is 9.21 Å². The zero-order valence-electron chi connectivity index (χ0n) is 10.1. The minimum Gasteiger partial charge on any atom is -0.335 e. The SMILES string of the molecule is CC(C)N1CCN(C(=O)c2ccc(Cl)s2)CC1. The third-order valence-corrected chi connectivity index (χ3v) is 4.33. The number of halogens is 1. The maximum Gasteiger partial charge on any atom is 0.264 e. The van der Waals surface area contributed by atoms with Gasteiger partial charge in [-0.05, 0) is 26.0 Å². The highest BCUT2D eigenvalue weighted by atomic mass is 35.5. The van der Waals surface area contributed by atoms with Gasteiger partial charge < -0.3 is 4.90 Å². The Morgan fingerprint density at radius 3 is 2.41 bits per heavy atom. The van der Waals surface area contributed by atoms with Crippen LogP contribution in [0.2, 0.25) is 4.34 Å². The summed E-state index contributed by atoms with van der Waals surface area (Å²) in [6.45, 7) is 7.93. The van der Waals surface area contributed by atoms with E-state index in [1.165, 1.54) is 11.3 Å². The molecule has 2 heterocycles. The van der Waals surface area contributed by atoms with Gasteiger partial charge in [0.2, 0.25) is 0 Å². The number of rotatable bonds is 2. The molecule has 1 fully saturated rings. The second kappa shape index (κ2) is 5.38. The Morgan fingerprint density at radius 1 is 1.29 bits per heavy atom. The summed E-state index contributed by atoms with van der Waals surface area (Å²) in [4.78, 5) is 17.2. The molecular formula is C12H17ClN2OS. The Balaban J connectivity index is 1.95. The van der Waals surface area contributed by atoms with Crippen LogP contribution in [0.4, 0.5) is 0 Å². The van der Waals surface area contributed by atoms with Crippen molar-refractivity contribution in [2.45, 2.75) is 19.9 Å². The smallest absolute Gasteiger partial charge is 0.264 e. The van der Waals surface area contributed by atoms with Gasteiger partial charge in [0.15, 0.2) is 0 Å². The summed E-state index contributed by atoms with van der Waals surface area (Å²) in [5, 5.41) is 0. The molecule has 94 valence electrons. The van der Waals surface area contributed by atoms with Crippen LogP contribution in [0.25, 0.3) is 0 Å². The van der Waals surface area contributed by atoms with E-state index in [0.717, 1.165) is 31.1 Å². The van der Waals surface area contributed by atoms with Crippen molar-refractivity contribution in [1.82, 2.24) is 9.80 Å². The molecule has 0 unspecified atom stereocenters. The van der Waals surface area contributed by atoms with Crippen molar-refractivity contribution in [3.8, 4) is 0 Å². The summed E-state index contributed by atoms with van der Waals surface area (Å²) >= 11 is 7.20. The van der Waals surface area contributed by atoms with E-state index in [2.05, 4.69) is 18.7 Å². The van der Waals surface area contributed by atoms with E-state index < -0.39 is 0 Å². The van der Waals surface area contributed by atoms with Gasteiger partial charge in [-0.1, -0.05) is 11.6 Å². The van der Waals surface area contributed by atoms with E-state index in [4.69, 9.17) is 11.6 Å². The van der Waals surface area contributed by atoms with E-state index in [1.807, 2.05) is 11.0 Å². The maximum absolute atomic E-state index is 12.1. The highest BCUT2D eigenvalue weighted by Gasteiger charge is 2.23. The second-order valence-corrected chi connectivity index (χ2v) is 6.24. The average molecular weight is 273 g/mol. The van der Waals surface area contributed by atoms with Crippen LogP contribution in [0.15, 0.2) is 12.1 Å². The monoisotopic (exact) mass is 272 g/mol. The van der Waals surface area contributed by atoms with Crippen molar-refractivity contribution in [2.75, 3.05) is 26.2 Å². The number of carbonyl (C=O) groups excluding carboxylic acids is 1. The first-order valence-corrected chi connectivity index (χ1v) is 7.06. The van der Waals surface area contributed by atoms with Crippen LogP contribution in [-0.4, -0.2) is 47.9 Å². The summed E-state index contributed by atoms with van der Waals surface area (Å²) in [6.07, 6.45) is 0. The highest BCUT2D eigenvalue weighted by Crippen LogP contribution is 2.23. The van der Waals surface area contributed by atoms with Gasteiger partial charge in [-0.3, -0.25) is 9.69 Å². The van der Waals surface area contributed by atoms with Crippen molar-refractivity contribution in [3.05, 3.63) is 21.3 Å². The molecule has 1 aromatic rings. The third kappa shape index (κ3) is 3.00. The van der Waals surface area contributed by atoms with Gasteiger partial charge in [-0.25, -0.2) is 0 Å². The largest absolute Gasteiger partial charge is 0.335 e. The minimum atomic E-state index is 0.116. The average Bonchev–Trinajstić information content (AvgIpc) is 2.75. The lowest BCUT2D eigenvalue weighted by molar-refractivity contribution is 0.0600. The standard InChI is InChI=1S/C12H17ClN2OS/c1-9(2)14-5-7-15(8-6-14)12(16)10-3-4-11(13)17-10/h3-4,9H,5-8H2,1-2H3. The van der Waals surface area contributed by atoms with E-state index in [1.54, 1.807) is 6.07 Å². The number of piperazine rings is 1. The molecule has 1 amide bonds. The molecule has 0 radical (unpaired) electrons. The van der Waals surface area contributed by atoms with Crippen LogP contribution < -0.4 is 0 Å². The topological polar surface area (TPSA) is 23.6 Å². The first-order chi connectivity index (χ1) is 8.08. The summed E-state index contributed by atoms with van der Waals surface area (Å²) in [5.41, 5.74) is 0. The summed E-state index contributed by atoms with van der Waals surface area (Å²) < 4.78 is 0.675. The number of hydrogen-bond donors (Lipinski definition) is 0. The van der Waals surface area contributed by atoms with E-state index >= 15 is 0 Å². The van der Waals surface area contributed by atoms with Gasteiger partial charge in [0, 0.05) is 32.2 Å². The molecule has 3 nitrogen and oxygen atoms in total. The Bertz CT molecular complexity index is 397. The van der Waals surface area contributed by atoms with E-state index in [-0.39, 0.29) is 5.91 Å². The predicted octanol–water partition coefficient (Wildman–Crippen LogP) is 2.57. The van der Waals surface area contributed by atoms with Gasteiger partial charge in [-0.2, -0.15) is 0 Å². The van der Waals surface area contributed by atoms with Crippen molar-refractivity contribution >= 4 is 28.8 Å².